The van der Waals surface area contributed by atoms with Gasteiger partial charge in [0.15, 0.2) is 28.8 Å². The molecular formula is C21H21NO8S. The summed E-state index contributed by atoms with van der Waals surface area (Å²) in [5.74, 6) is 0.799. The van der Waals surface area contributed by atoms with Crippen molar-refractivity contribution < 1.29 is 37.0 Å². The quantitative estimate of drug-likeness (QED) is 0.619. The van der Waals surface area contributed by atoms with Crippen LogP contribution in [0.25, 0.3) is 0 Å². The van der Waals surface area contributed by atoms with Crippen LogP contribution in [0, 0.1) is 0 Å². The van der Waals surface area contributed by atoms with Crippen LogP contribution in [-0.4, -0.2) is 57.9 Å². The molecule has 2 aliphatic rings. The number of ether oxygens (including phenoxy) is 4. The van der Waals surface area contributed by atoms with E-state index < -0.39 is 15.9 Å². The van der Waals surface area contributed by atoms with E-state index in [1.807, 2.05) is 0 Å². The fourth-order valence-corrected chi connectivity index (χ4v) is 4.39. The normalized spacial score (nSPS) is 14.6. The Balaban J connectivity index is 1.41. The second-order valence-corrected chi connectivity index (χ2v) is 8.92. The van der Waals surface area contributed by atoms with Crippen molar-refractivity contribution in [2.75, 3.05) is 33.5 Å². The minimum absolute atomic E-state index is 0.0919. The largest absolute Gasteiger partial charge is 0.486 e. The smallest absolute Gasteiger partial charge is 0.266 e. The lowest BCUT2D eigenvalue weighted by Crippen LogP contribution is -2.33. The maximum Gasteiger partial charge on any atom is 0.266 e. The number of Topliss-reactive ketones (excluding diaryl/α,β-unsaturated/α-hetero) is 1. The molecule has 0 saturated carbocycles. The number of amides is 1. The van der Waals surface area contributed by atoms with Gasteiger partial charge in [-0.15, -0.1) is 0 Å². The van der Waals surface area contributed by atoms with Crippen LogP contribution in [0.2, 0.25) is 0 Å². The van der Waals surface area contributed by atoms with Gasteiger partial charge in [-0.3, -0.25) is 9.59 Å². The summed E-state index contributed by atoms with van der Waals surface area (Å²) in [6.07, 6.45) is -0.396. The number of carbonyl (C=O) groups is 2. The van der Waals surface area contributed by atoms with Gasteiger partial charge in [0.05, 0.1) is 4.90 Å². The van der Waals surface area contributed by atoms with Gasteiger partial charge in [0, 0.05) is 31.5 Å². The van der Waals surface area contributed by atoms with E-state index >= 15 is 0 Å². The van der Waals surface area contributed by atoms with E-state index in [0.29, 0.717) is 59.3 Å². The molecule has 0 fully saturated rings. The Hall–Kier alpha value is -3.27. The molecule has 0 bridgehead atoms. The van der Waals surface area contributed by atoms with Gasteiger partial charge in [0.1, 0.15) is 26.4 Å². The molecule has 9 nitrogen and oxygen atoms in total. The van der Waals surface area contributed by atoms with Crippen molar-refractivity contribution in [2.45, 2.75) is 17.7 Å². The summed E-state index contributed by atoms with van der Waals surface area (Å²) >= 11 is 0. The molecule has 31 heavy (non-hydrogen) atoms. The molecule has 0 spiro atoms. The van der Waals surface area contributed by atoms with Crippen LogP contribution in [0.3, 0.4) is 0 Å². The Kier molecular flexibility index (Phi) is 5.73. The van der Waals surface area contributed by atoms with Gasteiger partial charge in [-0.25, -0.2) is 12.7 Å². The summed E-state index contributed by atoms with van der Waals surface area (Å²) in [6.45, 7) is 1.53. The Morgan fingerprint density at radius 3 is 2.00 bits per heavy atom. The highest BCUT2D eigenvalue weighted by molar-refractivity contribution is 7.89. The van der Waals surface area contributed by atoms with Gasteiger partial charge in [0.25, 0.3) is 10.0 Å². The molecule has 0 aliphatic carbocycles. The van der Waals surface area contributed by atoms with Crippen LogP contribution in [0.5, 0.6) is 23.0 Å². The van der Waals surface area contributed by atoms with Crippen LogP contribution >= 0.6 is 0 Å². The minimum atomic E-state index is -4.10. The van der Waals surface area contributed by atoms with E-state index in [1.54, 1.807) is 18.2 Å². The number of benzene rings is 2. The molecule has 4 rings (SSSR count). The monoisotopic (exact) mass is 447 g/mol. The zero-order chi connectivity index (χ0) is 22.0. The molecule has 0 aromatic heterocycles. The molecule has 10 heteroatoms. The number of hydrogen-bond acceptors (Lipinski definition) is 8. The summed E-state index contributed by atoms with van der Waals surface area (Å²) in [4.78, 5) is 24.9. The molecule has 1 amide bonds. The van der Waals surface area contributed by atoms with Crippen LogP contribution in [0.4, 0.5) is 0 Å². The first-order chi connectivity index (χ1) is 14.9. The summed E-state index contributed by atoms with van der Waals surface area (Å²) in [5.41, 5.74) is 0.370. The molecule has 0 saturated heterocycles. The van der Waals surface area contributed by atoms with Crippen molar-refractivity contribution in [1.29, 1.82) is 0 Å². The molecule has 2 heterocycles. The Morgan fingerprint density at radius 2 is 1.35 bits per heavy atom. The lowest BCUT2D eigenvalue weighted by atomic mass is 10.1. The van der Waals surface area contributed by atoms with Gasteiger partial charge in [0.2, 0.25) is 5.91 Å². The molecule has 0 N–H and O–H groups in total. The van der Waals surface area contributed by atoms with E-state index in [4.69, 9.17) is 18.9 Å². The first-order valence-electron chi connectivity index (χ1n) is 9.70. The summed E-state index contributed by atoms with van der Waals surface area (Å²) in [7, 11) is -2.93. The molecule has 2 aromatic rings. The third-order valence-corrected chi connectivity index (χ3v) is 6.73. The van der Waals surface area contributed by atoms with Gasteiger partial charge < -0.3 is 18.9 Å². The van der Waals surface area contributed by atoms with Crippen LogP contribution in [-0.2, 0) is 14.8 Å². The second kappa shape index (κ2) is 8.46. The lowest BCUT2D eigenvalue weighted by Gasteiger charge is -2.21. The molecule has 0 unspecified atom stereocenters. The molecule has 164 valence electrons. The maximum atomic E-state index is 12.8. The third kappa shape index (κ3) is 4.29. The van der Waals surface area contributed by atoms with Gasteiger partial charge >= 0.3 is 0 Å². The van der Waals surface area contributed by atoms with Crippen molar-refractivity contribution >= 4 is 21.7 Å². The van der Waals surface area contributed by atoms with Gasteiger partial charge in [-0.1, -0.05) is 0 Å². The van der Waals surface area contributed by atoms with Gasteiger partial charge in [-0.2, -0.15) is 0 Å². The van der Waals surface area contributed by atoms with Crippen molar-refractivity contribution in [1.82, 2.24) is 4.31 Å². The molecule has 2 aliphatic heterocycles. The summed E-state index contributed by atoms with van der Waals surface area (Å²) in [5, 5.41) is 0. The van der Waals surface area contributed by atoms with Crippen molar-refractivity contribution in [3.8, 4) is 23.0 Å². The fourth-order valence-electron chi connectivity index (χ4n) is 3.22. The summed E-state index contributed by atoms with van der Waals surface area (Å²) < 4.78 is 48.0. The van der Waals surface area contributed by atoms with Crippen LogP contribution in [0.15, 0.2) is 41.3 Å². The Morgan fingerprint density at radius 1 is 0.806 bits per heavy atom. The average molecular weight is 447 g/mol. The van der Waals surface area contributed by atoms with Crippen molar-refractivity contribution in [3.63, 3.8) is 0 Å². The number of sulfonamides is 1. The number of fused-ring (bicyclic) bond motifs is 2. The number of rotatable bonds is 6. The number of carbonyl (C=O) groups excluding carboxylic acids is 2. The SMILES string of the molecule is CN(C(=O)CCC(=O)c1ccc2c(c1)OCCO2)S(=O)(=O)c1ccc2c(c1)OCCO2. The number of ketones is 1. The highest BCUT2D eigenvalue weighted by atomic mass is 32.2. The maximum absolute atomic E-state index is 12.8. The van der Waals surface area contributed by atoms with Crippen LogP contribution < -0.4 is 18.9 Å². The van der Waals surface area contributed by atoms with E-state index in [0.717, 1.165) is 0 Å². The van der Waals surface area contributed by atoms with E-state index in [9.17, 15) is 18.0 Å². The number of nitrogens with zero attached hydrogens (tertiary/aromatic N) is 1. The Bertz CT molecular complexity index is 1130. The third-order valence-electron chi connectivity index (χ3n) is 4.95. The fraction of sp³-hybridized carbons (Fsp3) is 0.333. The first-order valence-corrected chi connectivity index (χ1v) is 11.1. The minimum Gasteiger partial charge on any atom is -0.486 e. The number of hydrogen-bond donors (Lipinski definition) is 0. The molecule has 0 radical (unpaired) electrons. The topological polar surface area (TPSA) is 108 Å². The van der Waals surface area contributed by atoms with Crippen LogP contribution in [0.1, 0.15) is 23.2 Å². The highest BCUT2D eigenvalue weighted by Crippen LogP contribution is 2.33. The molecular weight excluding hydrogens is 426 g/mol. The van der Waals surface area contributed by atoms with E-state index in [-0.39, 0.29) is 23.5 Å². The lowest BCUT2D eigenvalue weighted by molar-refractivity contribution is -0.125. The molecule has 2 aromatic carbocycles. The molecule has 0 atom stereocenters. The zero-order valence-electron chi connectivity index (χ0n) is 16.8. The average Bonchev–Trinajstić information content (AvgIpc) is 2.81. The van der Waals surface area contributed by atoms with Crippen molar-refractivity contribution in [2.24, 2.45) is 0 Å². The van der Waals surface area contributed by atoms with Gasteiger partial charge in [-0.05, 0) is 30.3 Å². The highest BCUT2D eigenvalue weighted by Gasteiger charge is 2.28. The van der Waals surface area contributed by atoms with E-state index in [2.05, 4.69) is 0 Å². The van der Waals surface area contributed by atoms with E-state index in [1.165, 1.54) is 25.2 Å². The predicted octanol–water partition coefficient (Wildman–Crippen LogP) is 2.04. The second-order valence-electron chi connectivity index (χ2n) is 6.95. The Labute approximate surface area is 179 Å². The predicted molar refractivity (Wildman–Crippen MR) is 108 cm³/mol. The van der Waals surface area contributed by atoms with Crippen molar-refractivity contribution in [3.05, 3.63) is 42.0 Å². The zero-order valence-corrected chi connectivity index (χ0v) is 17.6. The summed E-state index contributed by atoms with van der Waals surface area (Å²) in [6, 6.07) is 8.97. The first kappa shape index (κ1) is 21.0. The standard InChI is InChI=1S/C21H21NO8S/c1-22(31(25,26)15-3-6-18-20(13-15)30-11-9-28-18)21(24)7-4-16(23)14-2-5-17-19(12-14)29-10-8-27-17/h2-3,5-6,12-13H,4,7-11H2,1H3.